The first-order chi connectivity index (χ1) is 14.9. The molecule has 176 valence electrons. The molecule has 1 atom stereocenters. The number of carbonyl (C=O) groups excluding carboxylic acids is 1. The molecule has 0 radical (unpaired) electrons. The van der Waals surface area contributed by atoms with Gasteiger partial charge in [-0.05, 0) is 31.5 Å². The highest BCUT2D eigenvalue weighted by Gasteiger charge is 2.29. The van der Waals surface area contributed by atoms with Crippen LogP contribution in [0.25, 0.3) is 0 Å². The largest absolute Gasteiger partial charge is 0.488 e. The molecule has 0 aromatic heterocycles. The summed E-state index contributed by atoms with van der Waals surface area (Å²) in [6.45, 7) is 4.44. The van der Waals surface area contributed by atoms with E-state index in [4.69, 9.17) is 25.4 Å². The number of amidine groups is 1. The van der Waals surface area contributed by atoms with E-state index in [0.717, 1.165) is 17.7 Å². The van der Waals surface area contributed by atoms with Crippen LogP contribution in [0.4, 0.5) is 8.78 Å². The van der Waals surface area contributed by atoms with Gasteiger partial charge in [0.15, 0.2) is 17.7 Å². The maximum Gasteiger partial charge on any atom is 0.254 e. The zero-order valence-electron chi connectivity index (χ0n) is 18.0. The third kappa shape index (κ3) is 7.44. The maximum absolute atomic E-state index is 15.0. The van der Waals surface area contributed by atoms with Crippen molar-refractivity contribution >= 4 is 24.1 Å². The van der Waals surface area contributed by atoms with Crippen molar-refractivity contribution in [2.45, 2.75) is 26.5 Å². The lowest BCUT2D eigenvalue weighted by Gasteiger charge is -2.20. The zero-order chi connectivity index (χ0) is 22.8. The number of nitrogens with one attached hydrogen (secondary N) is 2. The van der Waals surface area contributed by atoms with Crippen LogP contribution in [0.2, 0.25) is 0 Å². The van der Waals surface area contributed by atoms with Crippen molar-refractivity contribution < 1.29 is 27.8 Å². The number of hydrogen-bond donors (Lipinski definition) is 3. The van der Waals surface area contributed by atoms with E-state index < -0.39 is 29.2 Å². The van der Waals surface area contributed by atoms with Crippen molar-refractivity contribution in [1.82, 2.24) is 5.32 Å². The van der Waals surface area contributed by atoms with Gasteiger partial charge in [-0.2, -0.15) is 0 Å². The van der Waals surface area contributed by atoms with E-state index in [1.807, 2.05) is 6.92 Å². The molecule has 32 heavy (non-hydrogen) atoms. The number of carbonyl (C=O) groups is 1. The van der Waals surface area contributed by atoms with Crippen LogP contribution in [0, 0.1) is 17.0 Å². The molecule has 4 N–H and O–H groups in total. The van der Waals surface area contributed by atoms with E-state index in [0.29, 0.717) is 12.2 Å². The van der Waals surface area contributed by atoms with Gasteiger partial charge in [0.05, 0.1) is 12.2 Å². The van der Waals surface area contributed by atoms with E-state index in [1.54, 1.807) is 31.2 Å². The molecule has 0 aliphatic heterocycles. The van der Waals surface area contributed by atoms with Crippen LogP contribution in [0.1, 0.15) is 36.6 Å². The second-order valence-corrected chi connectivity index (χ2v) is 6.48. The fourth-order valence-electron chi connectivity index (χ4n) is 2.80. The minimum atomic E-state index is -1.49. The van der Waals surface area contributed by atoms with Gasteiger partial charge in [0, 0.05) is 25.3 Å². The lowest BCUT2D eigenvalue weighted by molar-refractivity contribution is -0.133. The lowest BCUT2D eigenvalue weighted by atomic mass is 10.1. The van der Waals surface area contributed by atoms with Gasteiger partial charge >= 0.3 is 0 Å². The van der Waals surface area contributed by atoms with Crippen LogP contribution >= 0.6 is 12.4 Å². The van der Waals surface area contributed by atoms with Crippen molar-refractivity contribution in [2.24, 2.45) is 5.73 Å². The molecular weight excluding hydrogens is 444 g/mol. The van der Waals surface area contributed by atoms with Crippen LogP contribution in [0.15, 0.2) is 36.4 Å². The number of benzene rings is 2. The Hall–Kier alpha value is -2.75. The third-order valence-corrected chi connectivity index (χ3v) is 4.35. The van der Waals surface area contributed by atoms with Gasteiger partial charge in [0.2, 0.25) is 0 Å². The minimum absolute atomic E-state index is 0. The number of halogens is 3. The van der Waals surface area contributed by atoms with Crippen molar-refractivity contribution in [1.29, 1.82) is 5.41 Å². The first-order valence-electron chi connectivity index (χ1n) is 9.90. The van der Waals surface area contributed by atoms with Crippen LogP contribution < -0.4 is 15.8 Å². The van der Waals surface area contributed by atoms with E-state index in [9.17, 15) is 13.6 Å². The quantitative estimate of drug-likeness (QED) is 0.249. The zero-order valence-corrected chi connectivity index (χ0v) is 18.8. The van der Waals surface area contributed by atoms with Crippen molar-refractivity contribution in [3.63, 3.8) is 0 Å². The topological polar surface area (TPSA) is 107 Å². The summed E-state index contributed by atoms with van der Waals surface area (Å²) < 4.78 is 45.3. The van der Waals surface area contributed by atoms with E-state index in [-0.39, 0.29) is 50.4 Å². The molecule has 0 aliphatic rings. The van der Waals surface area contributed by atoms with Crippen LogP contribution in [0.5, 0.6) is 5.75 Å². The van der Waals surface area contributed by atoms with Gasteiger partial charge in [-0.15, -0.1) is 12.4 Å². The average molecular weight is 472 g/mol. The smallest absolute Gasteiger partial charge is 0.254 e. The highest BCUT2D eigenvalue weighted by molar-refractivity contribution is 5.94. The van der Waals surface area contributed by atoms with Crippen LogP contribution in [0.3, 0.4) is 0 Å². The number of nitrogens with two attached hydrogens (primary N) is 1. The maximum atomic E-state index is 15.0. The summed E-state index contributed by atoms with van der Waals surface area (Å²) in [5.41, 5.74) is 6.18. The highest BCUT2D eigenvalue weighted by atomic mass is 35.5. The Bertz CT molecular complexity index is 897. The molecule has 1 amide bonds. The standard InChI is InChI=1S/C22H27F2N3O4.ClH/c1-3-29-11-12-31-17-10-9-16(23)18(19(17)24)20(30-4-2)22(28)27-13-14-5-7-15(8-6-14)21(25)26;/h5-10,20H,3-4,11-13H2,1-2H3,(H3,25,26)(H,27,28);1H/t20-;/m0./s1. The Labute approximate surface area is 192 Å². The summed E-state index contributed by atoms with van der Waals surface area (Å²) in [5, 5.41) is 10.0. The number of rotatable bonds is 12. The van der Waals surface area contributed by atoms with Crippen molar-refractivity contribution in [3.05, 3.63) is 64.7 Å². The van der Waals surface area contributed by atoms with E-state index in [1.165, 1.54) is 0 Å². The molecule has 0 unspecified atom stereocenters. The van der Waals surface area contributed by atoms with Gasteiger partial charge in [0.25, 0.3) is 5.91 Å². The second kappa shape index (κ2) is 13.6. The summed E-state index contributed by atoms with van der Waals surface area (Å²) in [5.74, 6) is -2.85. The first kappa shape index (κ1) is 27.3. The van der Waals surface area contributed by atoms with Gasteiger partial charge < -0.3 is 25.3 Å². The molecular formula is C22H28ClF2N3O4. The van der Waals surface area contributed by atoms with Gasteiger partial charge in [-0.1, -0.05) is 24.3 Å². The minimum Gasteiger partial charge on any atom is -0.488 e. The predicted octanol–water partition coefficient (Wildman–Crippen LogP) is 3.48. The predicted molar refractivity (Wildman–Crippen MR) is 119 cm³/mol. The molecule has 0 saturated carbocycles. The second-order valence-electron chi connectivity index (χ2n) is 6.48. The summed E-state index contributed by atoms with van der Waals surface area (Å²) in [6, 6.07) is 8.88. The molecule has 0 fully saturated rings. The molecule has 0 heterocycles. The number of amides is 1. The van der Waals surface area contributed by atoms with E-state index >= 15 is 0 Å². The Morgan fingerprint density at radius 3 is 2.38 bits per heavy atom. The molecule has 0 spiro atoms. The Balaban J connectivity index is 0.00000512. The lowest BCUT2D eigenvalue weighted by Crippen LogP contribution is -2.32. The number of ether oxygens (including phenoxy) is 3. The summed E-state index contributed by atoms with van der Waals surface area (Å²) in [6.07, 6.45) is -1.49. The molecule has 7 nitrogen and oxygen atoms in total. The summed E-state index contributed by atoms with van der Waals surface area (Å²) >= 11 is 0. The molecule has 2 aromatic carbocycles. The van der Waals surface area contributed by atoms with Gasteiger partial charge in [-0.3, -0.25) is 10.2 Å². The number of nitrogen functional groups attached to an aromatic ring is 1. The molecule has 2 aromatic rings. The molecule has 0 aliphatic carbocycles. The molecule has 10 heteroatoms. The van der Waals surface area contributed by atoms with Crippen LogP contribution in [-0.4, -0.2) is 38.2 Å². The third-order valence-electron chi connectivity index (χ3n) is 4.35. The molecule has 0 bridgehead atoms. The fraction of sp³-hybridized carbons (Fsp3) is 0.364. The fourth-order valence-corrected chi connectivity index (χ4v) is 2.80. The Morgan fingerprint density at radius 1 is 1.09 bits per heavy atom. The molecule has 0 saturated heterocycles. The SMILES string of the molecule is CCOCCOc1ccc(F)c([C@H](OCC)C(=O)NCc2ccc(C(=N)N)cc2)c1F.Cl. The molecule has 2 rings (SSSR count). The van der Waals surface area contributed by atoms with Crippen molar-refractivity contribution in [3.8, 4) is 5.75 Å². The monoisotopic (exact) mass is 471 g/mol. The Morgan fingerprint density at radius 2 is 1.78 bits per heavy atom. The van der Waals surface area contributed by atoms with Gasteiger partial charge in [0.1, 0.15) is 18.3 Å². The normalized spacial score (nSPS) is 11.4. The Kier molecular flexibility index (Phi) is 11.6. The number of hydrogen-bond acceptors (Lipinski definition) is 5. The van der Waals surface area contributed by atoms with E-state index in [2.05, 4.69) is 5.32 Å². The average Bonchev–Trinajstić information content (AvgIpc) is 2.76. The van der Waals surface area contributed by atoms with Crippen LogP contribution in [-0.2, 0) is 20.8 Å². The van der Waals surface area contributed by atoms with Gasteiger partial charge in [-0.25, -0.2) is 8.78 Å². The summed E-state index contributed by atoms with van der Waals surface area (Å²) in [4.78, 5) is 12.7. The highest BCUT2D eigenvalue weighted by Crippen LogP contribution is 2.30. The first-order valence-corrected chi connectivity index (χ1v) is 9.90. The van der Waals surface area contributed by atoms with Crippen molar-refractivity contribution in [2.75, 3.05) is 26.4 Å². The summed E-state index contributed by atoms with van der Waals surface area (Å²) in [7, 11) is 0.